The number of rotatable bonds is 9. The minimum absolute atomic E-state index is 0.122. The first-order chi connectivity index (χ1) is 25.6. The molecule has 0 spiro atoms. The van der Waals surface area contributed by atoms with Gasteiger partial charge in [-0.2, -0.15) is 0 Å². The number of benzene rings is 8. The van der Waals surface area contributed by atoms with Gasteiger partial charge in [0.2, 0.25) is 0 Å². The second kappa shape index (κ2) is 13.9. The van der Waals surface area contributed by atoms with Gasteiger partial charge < -0.3 is 18.9 Å². The summed E-state index contributed by atoms with van der Waals surface area (Å²) in [5.74, 6) is 0.410. The van der Waals surface area contributed by atoms with Gasteiger partial charge >= 0.3 is 11.9 Å². The van der Waals surface area contributed by atoms with Gasteiger partial charge in [-0.1, -0.05) is 121 Å². The van der Waals surface area contributed by atoms with Gasteiger partial charge in [0.1, 0.15) is 24.7 Å². The highest BCUT2D eigenvalue weighted by Gasteiger charge is 2.22. The van der Waals surface area contributed by atoms with E-state index < -0.39 is 11.9 Å². The van der Waals surface area contributed by atoms with E-state index in [9.17, 15) is 9.59 Å². The van der Waals surface area contributed by atoms with Gasteiger partial charge in [-0.15, -0.1) is 0 Å². The molecule has 0 unspecified atom stereocenters. The maximum absolute atomic E-state index is 13.0. The number of hydrogen-bond donors (Lipinski definition) is 0. The molecule has 0 saturated heterocycles. The molecule has 0 atom stereocenters. The lowest BCUT2D eigenvalue weighted by atomic mass is 9.92. The molecule has 0 aliphatic heterocycles. The molecule has 6 nitrogen and oxygen atoms in total. The van der Waals surface area contributed by atoms with Gasteiger partial charge in [0, 0.05) is 22.3 Å². The number of methoxy groups -OCH3 is 2. The number of carbonyl (C=O) groups excluding carboxylic acids is 2. The zero-order valence-electron chi connectivity index (χ0n) is 28.7. The van der Waals surface area contributed by atoms with Crippen molar-refractivity contribution in [1.29, 1.82) is 0 Å². The summed E-state index contributed by atoms with van der Waals surface area (Å²) >= 11 is 0. The molecule has 0 fully saturated rings. The third-order valence-corrected chi connectivity index (χ3v) is 9.67. The van der Waals surface area contributed by atoms with Crippen LogP contribution in [0.5, 0.6) is 11.5 Å². The van der Waals surface area contributed by atoms with E-state index in [-0.39, 0.29) is 13.2 Å². The molecular formula is C46H34O6. The predicted octanol–water partition coefficient (Wildman–Crippen LogP) is 10.7. The molecule has 0 aliphatic carbocycles. The van der Waals surface area contributed by atoms with E-state index in [1.54, 1.807) is 12.1 Å². The molecule has 254 valence electrons. The molecule has 52 heavy (non-hydrogen) atoms. The van der Waals surface area contributed by atoms with Gasteiger partial charge in [0.15, 0.2) is 0 Å². The Hall–Kier alpha value is -6.66. The smallest absolute Gasteiger partial charge is 0.338 e. The van der Waals surface area contributed by atoms with Crippen molar-refractivity contribution in [3.8, 4) is 22.6 Å². The topological polar surface area (TPSA) is 71.1 Å². The zero-order valence-corrected chi connectivity index (χ0v) is 28.7. The summed E-state index contributed by atoms with van der Waals surface area (Å²) < 4.78 is 23.9. The van der Waals surface area contributed by atoms with Crippen LogP contribution in [0.25, 0.3) is 54.2 Å². The van der Waals surface area contributed by atoms with Gasteiger partial charge in [-0.05, 0) is 67.4 Å². The minimum Gasteiger partial charge on any atom is -0.488 e. The average Bonchev–Trinajstić information content (AvgIpc) is 3.20. The average molecular weight is 683 g/mol. The lowest BCUT2D eigenvalue weighted by Crippen LogP contribution is -2.10. The standard InChI is InChI=1S/C46H34O6/c1-49-45(47)37-23-19-29-11-3-7-15-33(29)39(37)27-51-41-25-21-31-13-5-9-17-35(31)43(41)44-36-18-10-6-14-32(36)22-26-42(44)52-28-40-34-16-8-4-12-30(34)20-24-38(40)46(48)50-2/h3-26H,27-28H2,1-2H3. The quantitative estimate of drug-likeness (QED) is 0.141. The first-order valence-corrected chi connectivity index (χ1v) is 17.0. The molecule has 6 heteroatoms. The predicted molar refractivity (Wildman–Crippen MR) is 206 cm³/mol. The highest BCUT2D eigenvalue weighted by atomic mass is 16.5. The van der Waals surface area contributed by atoms with Crippen LogP contribution >= 0.6 is 0 Å². The molecule has 8 rings (SSSR count). The number of carbonyl (C=O) groups is 2. The van der Waals surface area contributed by atoms with Gasteiger partial charge in [-0.25, -0.2) is 9.59 Å². The fourth-order valence-corrected chi connectivity index (χ4v) is 7.14. The van der Waals surface area contributed by atoms with Crippen molar-refractivity contribution < 1.29 is 28.5 Å². The van der Waals surface area contributed by atoms with Crippen LogP contribution in [0, 0.1) is 0 Å². The van der Waals surface area contributed by atoms with Crippen LogP contribution < -0.4 is 9.47 Å². The molecule has 0 heterocycles. The maximum atomic E-state index is 13.0. The van der Waals surface area contributed by atoms with Gasteiger partial charge in [0.25, 0.3) is 0 Å². The number of hydrogen-bond acceptors (Lipinski definition) is 6. The van der Waals surface area contributed by atoms with Crippen LogP contribution in [0.1, 0.15) is 31.8 Å². The Balaban J connectivity index is 1.30. The Labute approximate surface area is 300 Å². The van der Waals surface area contributed by atoms with Crippen molar-refractivity contribution in [1.82, 2.24) is 0 Å². The summed E-state index contributed by atoms with van der Waals surface area (Å²) in [4.78, 5) is 26.0. The largest absolute Gasteiger partial charge is 0.488 e. The summed E-state index contributed by atoms with van der Waals surface area (Å²) in [5.41, 5.74) is 4.10. The van der Waals surface area contributed by atoms with Crippen LogP contribution in [0.4, 0.5) is 0 Å². The van der Waals surface area contributed by atoms with E-state index in [0.29, 0.717) is 22.6 Å². The van der Waals surface area contributed by atoms with Crippen LogP contribution in [0.15, 0.2) is 146 Å². The lowest BCUT2D eigenvalue weighted by molar-refractivity contribution is 0.0589. The van der Waals surface area contributed by atoms with Crippen molar-refractivity contribution in [2.24, 2.45) is 0 Å². The van der Waals surface area contributed by atoms with Crippen molar-refractivity contribution >= 4 is 55.0 Å². The maximum Gasteiger partial charge on any atom is 0.338 e. The van der Waals surface area contributed by atoms with Crippen LogP contribution in [0.3, 0.4) is 0 Å². The van der Waals surface area contributed by atoms with E-state index >= 15 is 0 Å². The molecule has 8 aromatic rings. The fraction of sp³-hybridized carbons (Fsp3) is 0.0870. The second-order valence-corrected chi connectivity index (χ2v) is 12.5. The van der Waals surface area contributed by atoms with E-state index in [1.807, 2.05) is 109 Å². The van der Waals surface area contributed by atoms with Crippen LogP contribution in [-0.4, -0.2) is 26.2 Å². The number of esters is 2. The van der Waals surface area contributed by atoms with Crippen molar-refractivity contribution in [2.75, 3.05) is 14.2 Å². The summed E-state index contributed by atoms with van der Waals surface area (Å²) in [6.07, 6.45) is 0. The lowest BCUT2D eigenvalue weighted by Gasteiger charge is -2.21. The highest BCUT2D eigenvalue weighted by Crippen LogP contribution is 2.46. The third-order valence-electron chi connectivity index (χ3n) is 9.67. The Morgan fingerprint density at radius 3 is 1.12 bits per heavy atom. The molecule has 0 aromatic heterocycles. The first-order valence-electron chi connectivity index (χ1n) is 17.0. The van der Waals surface area contributed by atoms with Crippen molar-refractivity contribution in [3.63, 3.8) is 0 Å². The third kappa shape index (κ3) is 5.84. The van der Waals surface area contributed by atoms with E-state index in [1.165, 1.54) is 14.2 Å². The first kappa shape index (κ1) is 32.5. The van der Waals surface area contributed by atoms with Crippen LogP contribution in [0.2, 0.25) is 0 Å². The van der Waals surface area contributed by atoms with Crippen molar-refractivity contribution in [2.45, 2.75) is 13.2 Å². The molecule has 0 amide bonds. The number of fused-ring (bicyclic) bond motifs is 4. The van der Waals surface area contributed by atoms with E-state index in [0.717, 1.165) is 65.3 Å². The van der Waals surface area contributed by atoms with Crippen LogP contribution in [-0.2, 0) is 22.7 Å². The summed E-state index contributed by atoms with van der Waals surface area (Å²) in [6.45, 7) is 0.243. The van der Waals surface area contributed by atoms with Gasteiger partial charge in [0.05, 0.1) is 25.3 Å². The molecule has 0 aliphatic rings. The Kier molecular flexibility index (Phi) is 8.71. The summed E-state index contributed by atoms with van der Waals surface area (Å²) in [6, 6.07) is 47.7. The Morgan fingerprint density at radius 1 is 0.404 bits per heavy atom. The van der Waals surface area contributed by atoms with Crippen molar-refractivity contribution in [3.05, 3.63) is 168 Å². The highest BCUT2D eigenvalue weighted by molar-refractivity contribution is 6.10. The Bertz CT molecular complexity index is 2470. The van der Waals surface area contributed by atoms with E-state index in [2.05, 4.69) is 24.3 Å². The molecular weight excluding hydrogens is 648 g/mol. The fourth-order valence-electron chi connectivity index (χ4n) is 7.14. The second-order valence-electron chi connectivity index (χ2n) is 12.5. The Morgan fingerprint density at radius 2 is 0.731 bits per heavy atom. The molecule has 0 N–H and O–H groups in total. The number of ether oxygens (including phenoxy) is 4. The SMILES string of the molecule is COC(=O)c1ccc2ccccc2c1COc1ccc2ccccc2c1-c1c(OCc2c(C(=O)OC)ccc3ccccc23)ccc2ccccc12. The summed E-state index contributed by atoms with van der Waals surface area (Å²) in [5, 5.41) is 7.85. The summed E-state index contributed by atoms with van der Waals surface area (Å²) in [7, 11) is 2.77. The monoisotopic (exact) mass is 682 g/mol. The molecule has 0 radical (unpaired) electrons. The molecule has 0 bridgehead atoms. The normalized spacial score (nSPS) is 11.2. The van der Waals surface area contributed by atoms with Gasteiger partial charge in [-0.3, -0.25) is 0 Å². The van der Waals surface area contributed by atoms with E-state index in [4.69, 9.17) is 18.9 Å². The zero-order chi connectivity index (χ0) is 35.6. The minimum atomic E-state index is -0.424. The molecule has 8 aromatic carbocycles. The molecule has 0 saturated carbocycles.